The van der Waals surface area contributed by atoms with Crippen LogP contribution in [0.25, 0.3) is 6.08 Å². The van der Waals surface area contributed by atoms with E-state index in [1.165, 1.54) is 5.56 Å². The van der Waals surface area contributed by atoms with Gasteiger partial charge in [0.05, 0.1) is 22.3 Å². The van der Waals surface area contributed by atoms with Crippen LogP contribution in [0.1, 0.15) is 21.8 Å². The smallest absolute Gasteiger partial charge is 0.246 e. The minimum Gasteiger partial charge on any atom is -0.337 e. The second kappa shape index (κ2) is 8.06. The number of aromatic nitrogens is 1. The number of nitriles is 1. The van der Waals surface area contributed by atoms with Crippen molar-refractivity contribution in [1.82, 2.24) is 14.8 Å². The summed E-state index contributed by atoms with van der Waals surface area (Å²) in [6, 6.07) is 9.82. The van der Waals surface area contributed by atoms with Gasteiger partial charge in [-0.1, -0.05) is 12.1 Å². The van der Waals surface area contributed by atoms with Gasteiger partial charge in [-0.25, -0.2) is 4.98 Å². The van der Waals surface area contributed by atoms with E-state index < -0.39 is 0 Å². The Bertz CT molecular complexity index is 796. The van der Waals surface area contributed by atoms with E-state index in [1.807, 2.05) is 41.5 Å². The molecule has 0 bridgehead atoms. The summed E-state index contributed by atoms with van der Waals surface area (Å²) in [7, 11) is 0. The summed E-state index contributed by atoms with van der Waals surface area (Å²) in [6.07, 6.45) is 3.40. The van der Waals surface area contributed by atoms with Crippen LogP contribution in [0.15, 0.2) is 35.7 Å². The number of rotatable bonds is 4. The minimum absolute atomic E-state index is 0.0451. The molecule has 25 heavy (non-hydrogen) atoms. The Kier molecular flexibility index (Phi) is 5.59. The van der Waals surface area contributed by atoms with Gasteiger partial charge in [0, 0.05) is 44.2 Å². The van der Waals surface area contributed by atoms with Crippen LogP contribution in [-0.4, -0.2) is 46.9 Å². The van der Waals surface area contributed by atoms with Crippen LogP contribution in [0.5, 0.6) is 0 Å². The van der Waals surface area contributed by atoms with Crippen molar-refractivity contribution in [3.63, 3.8) is 0 Å². The van der Waals surface area contributed by atoms with Crippen molar-refractivity contribution in [3.05, 3.63) is 57.6 Å². The van der Waals surface area contributed by atoms with Crippen LogP contribution >= 0.6 is 11.3 Å². The molecule has 2 heterocycles. The van der Waals surface area contributed by atoms with Gasteiger partial charge < -0.3 is 4.90 Å². The number of nitrogens with zero attached hydrogens (tertiary/aromatic N) is 4. The van der Waals surface area contributed by atoms with Gasteiger partial charge in [-0.15, -0.1) is 11.3 Å². The van der Waals surface area contributed by atoms with Crippen molar-refractivity contribution in [2.24, 2.45) is 0 Å². The molecule has 0 spiro atoms. The van der Waals surface area contributed by atoms with Crippen LogP contribution in [-0.2, 0) is 11.3 Å². The molecular weight excluding hydrogens is 332 g/mol. The number of hydrogen-bond acceptors (Lipinski definition) is 5. The summed E-state index contributed by atoms with van der Waals surface area (Å²) in [4.78, 5) is 20.8. The number of thiazole rings is 1. The number of carbonyl (C=O) groups is 1. The predicted molar refractivity (Wildman–Crippen MR) is 98.9 cm³/mol. The molecule has 1 aromatic carbocycles. The van der Waals surface area contributed by atoms with Crippen molar-refractivity contribution in [2.75, 3.05) is 26.2 Å². The highest BCUT2D eigenvalue weighted by Gasteiger charge is 2.19. The zero-order chi connectivity index (χ0) is 17.6. The van der Waals surface area contributed by atoms with E-state index in [4.69, 9.17) is 5.26 Å². The highest BCUT2D eigenvalue weighted by atomic mass is 32.1. The van der Waals surface area contributed by atoms with Crippen molar-refractivity contribution in [1.29, 1.82) is 5.26 Å². The van der Waals surface area contributed by atoms with E-state index in [9.17, 15) is 4.79 Å². The van der Waals surface area contributed by atoms with Gasteiger partial charge >= 0.3 is 0 Å². The molecule has 0 unspecified atom stereocenters. The Morgan fingerprint density at radius 3 is 2.60 bits per heavy atom. The maximum atomic E-state index is 12.3. The number of hydrogen-bond donors (Lipinski definition) is 0. The second-order valence-corrected chi connectivity index (χ2v) is 7.10. The van der Waals surface area contributed by atoms with Crippen LogP contribution in [0.2, 0.25) is 0 Å². The van der Waals surface area contributed by atoms with E-state index in [0.29, 0.717) is 5.56 Å². The van der Waals surface area contributed by atoms with Gasteiger partial charge in [-0.2, -0.15) is 5.26 Å². The largest absolute Gasteiger partial charge is 0.337 e. The Morgan fingerprint density at radius 2 is 2.00 bits per heavy atom. The van der Waals surface area contributed by atoms with Crippen LogP contribution in [0.3, 0.4) is 0 Å². The molecule has 1 amide bonds. The van der Waals surface area contributed by atoms with Crippen LogP contribution < -0.4 is 0 Å². The lowest BCUT2D eigenvalue weighted by atomic mass is 10.1. The fourth-order valence-electron chi connectivity index (χ4n) is 2.79. The Labute approximate surface area is 151 Å². The highest BCUT2D eigenvalue weighted by molar-refractivity contribution is 7.09. The van der Waals surface area contributed by atoms with Gasteiger partial charge in [0.2, 0.25) is 5.91 Å². The maximum Gasteiger partial charge on any atom is 0.246 e. The van der Waals surface area contributed by atoms with Gasteiger partial charge in [0.25, 0.3) is 0 Å². The summed E-state index contributed by atoms with van der Waals surface area (Å²) in [5.74, 6) is 0.0451. The topological polar surface area (TPSA) is 60.2 Å². The van der Waals surface area contributed by atoms with Crippen molar-refractivity contribution >= 4 is 23.3 Å². The number of amides is 1. The summed E-state index contributed by atoms with van der Waals surface area (Å²) in [5.41, 5.74) is 2.72. The van der Waals surface area contributed by atoms with Crippen molar-refractivity contribution in [3.8, 4) is 6.07 Å². The molecule has 0 radical (unpaired) electrons. The average molecular weight is 352 g/mol. The lowest BCUT2D eigenvalue weighted by Gasteiger charge is -2.34. The molecule has 1 saturated heterocycles. The number of benzene rings is 1. The van der Waals surface area contributed by atoms with E-state index in [0.717, 1.165) is 43.4 Å². The zero-order valence-electron chi connectivity index (χ0n) is 14.2. The summed E-state index contributed by atoms with van der Waals surface area (Å²) in [5, 5.41) is 11.8. The van der Waals surface area contributed by atoms with Crippen molar-refractivity contribution < 1.29 is 4.79 Å². The minimum atomic E-state index is 0.0451. The molecule has 1 aliphatic rings. The molecule has 1 fully saturated rings. The van der Waals surface area contributed by atoms with Gasteiger partial charge in [0.15, 0.2) is 0 Å². The highest BCUT2D eigenvalue weighted by Crippen LogP contribution is 2.12. The molecule has 128 valence electrons. The second-order valence-electron chi connectivity index (χ2n) is 6.03. The molecule has 0 N–H and O–H groups in total. The summed E-state index contributed by atoms with van der Waals surface area (Å²) in [6.45, 7) is 5.98. The third kappa shape index (κ3) is 4.75. The van der Waals surface area contributed by atoms with Crippen LogP contribution in [0.4, 0.5) is 0 Å². The van der Waals surface area contributed by atoms with Gasteiger partial charge in [-0.05, 0) is 30.7 Å². The zero-order valence-corrected chi connectivity index (χ0v) is 15.0. The van der Waals surface area contributed by atoms with Gasteiger partial charge in [-0.3, -0.25) is 9.69 Å². The predicted octanol–water partition coefficient (Wildman–Crippen LogP) is 2.68. The first-order valence-electron chi connectivity index (χ1n) is 8.24. The molecule has 0 atom stereocenters. The first-order valence-corrected chi connectivity index (χ1v) is 9.12. The Morgan fingerprint density at radius 1 is 1.28 bits per heavy atom. The molecular formula is C19H20N4OS. The quantitative estimate of drug-likeness (QED) is 0.794. The number of aryl methyl sites for hydroxylation is 1. The summed E-state index contributed by atoms with van der Waals surface area (Å²) >= 11 is 1.58. The van der Waals surface area contributed by atoms with E-state index >= 15 is 0 Å². The summed E-state index contributed by atoms with van der Waals surface area (Å²) < 4.78 is 0. The van der Waals surface area contributed by atoms with Crippen molar-refractivity contribution in [2.45, 2.75) is 13.5 Å². The fourth-order valence-corrected chi connectivity index (χ4v) is 3.37. The fraction of sp³-hybridized carbons (Fsp3) is 0.316. The molecule has 1 aliphatic heterocycles. The molecule has 0 aliphatic carbocycles. The SMILES string of the molecule is Cc1nc(/C=C/C(=O)N2CCN(Cc3ccc(C#N)cc3)CC2)cs1. The average Bonchev–Trinajstić information content (AvgIpc) is 3.06. The lowest BCUT2D eigenvalue weighted by molar-refractivity contribution is -0.127. The standard InChI is InChI=1S/C19H20N4OS/c1-15-21-18(14-25-15)6-7-19(24)23-10-8-22(9-11-23)13-17-4-2-16(12-20)3-5-17/h2-7,14H,8-11,13H2,1H3/b7-6+. The third-order valence-corrected chi connectivity index (χ3v) is 5.00. The lowest BCUT2D eigenvalue weighted by Crippen LogP contribution is -2.47. The normalized spacial score (nSPS) is 15.4. The molecule has 1 aromatic heterocycles. The molecule has 5 nitrogen and oxygen atoms in total. The Hall–Kier alpha value is -2.49. The monoisotopic (exact) mass is 352 g/mol. The third-order valence-electron chi connectivity index (χ3n) is 4.21. The van der Waals surface area contributed by atoms with Gasteiger partial charge in [0.1, 0.15) is 0 Å². The first-order chi connectivity index (χ1) is 12.1. The van der Waals surface area contributed by atoms with E-state index in [2.05, 4.69) is 16.0 Å². The van der Waals surface area contributed by atoms with Crippen LogP contribution in [0, 0.1) is 18.3 Å². The van der Waals surface area contributed by atoms with E-state index in [1.54, 1.807) is 23.5 Å². The maximum absolute atomic E-state index is 12.3. The molecule has 0 saturated carbocycles. The number of piperazine rings is 1. The van der Waals surface area contributed by atoms with E-state index in [-0.39, 0.29) is 5.91 Å². The molecule has 6 heteroatoms. The number of carbonyl (C=O) groups excluding carboxylic acids is 1. The Balaban J connectivity index is 1.48. The first kappa shape index (κ1) is 17.3. The molecule has 3 rings (SSSR count). The molecule has 2 aromatic rings.